The summed E-state index contributed by atoms with van der Waals surface area (Å²) in [5.74, 6) is 1.92. The Morgan fingerprint density at radius 2 is 1.62 bits per heavy atom. The van der Waals surface area contributed by atoms with Gasteiger partial charge in [0.15, 0.2) is 0 Å². The highest BCUT2D eigenvalue weighted by Gasteiger charge is 2.42. The average Bonchev–Trinajstić information content (AvgIpc) is 3.24. The third kappa shape index (κ3) is 4.19. The number of hydrogen-bond acceptors (Lipinski definition) is 5. The number of rotatable bonds is 5. The van der Waals surface area contributed by atoms with Crippen LogP contribution in [0.4, 0.5) is 0 Å². The predicted octanol–water partition coefficient (Wildman–Crippen LogP) is 2.50. The zero-order valence-electron chi connectivity index (χ0n) is 17.6. The molecule has 29 heavy (non-hydrogen) atoms. The van der Waals surface area contributed by atoms with E-state index >= 15 is 0 Å². The zero-order valence-corrected chi connectivity index (χ0v) is 17.6. The number of carbonyl (C=O) groups excluding carboxylic acids is 1. The molecule has 2 aliphatic rings. The first-order chi connectivity index (χ1) is 13.9. The van der Waals surface area contributed by atoms with Crippen LogP contribution in [0, 0.1) is 32.6 Å². The van der Waals surface area contributed by atoms with Crippen LogP contribution in [0.3, 0.4) is 0 Å². The van der Waals surface area contributed by atoms with E-state index in [1.165, 1.54) is 5.56 Å². The van der Waals surface area contributed by atoms with E-state index < -0.39 is 0 Å². The number of benzene rings is 1. The number of nitrogens with zero attached hydrogens (tertiary/aromatic N) is 4. The summed E-state index contributed by atoms with van der Waals surface area (Å²) in [5.41, 5.74) is 9.82. The second kappa shape index (κ2) is 8.20. The summed E-state index contributed by atoms with van der Waals surface area (Å²) >= 11 is 0. The lowest BCUT2D eigenvalue weighted by Crippen LogP contribution is -2.35. The lowest BCUT2D eigenvalue weighted by atomic mass is 10.0. The highest BCUT2D eigenvalue weighted by atomic mass is 16.2. The van der Waals surface area contributed by atoms with Gasteiger partial charge >= 0.3 is 0 Å². The highest BCUT2D eigenvalue weighted by molar-refractivity contribution is 5.96. The fourth-order valence-corrected chi connectivity index (χ4v) is 4.98. The number of nitrogens with two attached hydrogens (primary N) is 1. The van der Waals surface area contributed by atoms with Crippen molar-refractivity contribution >= 4 is 5.91 Å². The van der Waals surface area contributed by atoms with E-state index in [2.05, 4.69) is 27.0 Å². The molecule has 2 N–H and O–H groups in total. The molecule has 1 amide bonds. The Morgan fingerprint density at radius 1 is 1.03 bits per heavy atom. The van der Waals surface area contributed by atoms with Crippen LogP contribution < -0.4 is 5.73 Å². The Bertz CT molecular complexity index is 847. The number of aryl methyl sites for hydroxylation is 3. The maximum absolute atomic E-state index is 13.1. The molecular formula is C23H31N5O. The van der Waals surface area contributed by atoms with E-state index in [-0.39, 0.29) is 11.9 Å². The third-order valence-electron chi connectivity index (χ3n) is 6.43. The molecule has 0 saturated carbocycles. The Morgan fingerprint density at radius 3 is 2.21 bits per heavy atom. The summed E-state index contributed by atoms with van der Waals surface area (Å²) in [6.07, 6.45) is 0.963. The lowest BCUT2D eigenvalue weighted by molar-refractivity contribution is 0.0771. The minimum atomic E-state index is 0.0854. The van der Waals surface area contributed by atoms with E-state index in [0.717, 1.165) is 56.4 Å². The normalized spacial score (nSPS) is 22.7. The molecule has 2 saturated heterocycles. The average molecular weight is 394 g/mol. The third-order valence-corrected chi connectivity index (χ3v) is 6.43. The van der Waals surface area contributed by atoms with E-state index in [0.29, 0.717) is 17.4 Å². The second-order valence-electron chi connectivity index (χ2n) is 8.61. The molecule has 1 aromatic heterocycles. The summed E-state index contributed by atoms with van der Waals surface area (Å²) in [5, 5.41) is 0. The summed E-state index contributed by atoms with van der Waals surface area (Å²) < 4.78 is 0. The number of carbonyl (C=O) groups is 1. The van der Waals surface area contributed by atoms with Crippen molar-refractivity contribution in [2.45, 2.75) is 33.2 Å². The van der Waals surface area contributed by atoms with Gasteiger partial charge in [0, 0.05) is 32.2 Å². The topological polar surface area (TPSA) is 75.4 Å². The van der Waals surface area contributed by atoms with Crippen molar-refractivity contribution in [3.8, 4) is 0 Å². The first kappa shape index (κ1) is 20.0. The fraction of sp³-hybridized carbons (Fsp3) is 0.522. The maximum atomic E-state index is 13.1. The molecule has 0 spiro atoms. The Labute approximate surface area is 173 Å². The monoisotopic (exact) mass is 393 g/mol. The SMILES string of the molecule is Cc1nc(C)c(C(=O)N2CC3CN(CC[C@H](N)c4ccccc4)CC3C2)c(C)n1. The zero-order chi connectivity index (χ0) is 20.5. The molecule has 154 valence electrons. The van der Waals surface area contributed by atoms with Gasteiger partial charge in [-0.05, 0) is 51.1 Å². The maximum Gasteiger partial charge on any atom is 0.257 e. The summed E-state index contributed by atoms with van der Waals surface area (Å²) in [6.45, 7) is 10.5. The molecule has 0 bridgehead atoms. The van der Waals surface area contributed by atoms with Gasteiger partial charge < -0.3 is 15.5 Å². The van der Waals surface area contributed by atoms with E-state index in [9.17, 15) is 4.79 Å². The van der Waals surface area contributed by atoms with Crippen LogP contribution in [-0.2, 0) is 0 Å². The van der Waals surface area contributed by atoms with Crippen molar-refractivity contribution < 1.29 is 4.79 Å². The number of hydrogen-bond donors (Lipinski definition) is 1. The molecule has 2 aromatic rings. The van der Waals surface area contributed by atoms with Crippen molar-refractivity contribution in [1.82, 2.24) is 19.8 Å². The molecule has 4 rings (SSSR count). The summed E-state index contributed by atoms with van der Waals surface area (Å²) in [7, 11) is 0. The molecule has 2 aliphatic heterocycles. The first-order valence-corrected chi connectivity index (χ1v) is 10.6. The molecular weight excluding hydrogens is 362 g/mol. The molecule has 2 unspecified atom stereocenters. The quantitative estimate of drug-likeness (QED) is 0.845. The number of amides is 1. The molecule has 0 aliphatic carbocycles. The van der Waals surface area contributed by atoms with Gasteiger partial charge in [-0.25, -0.2) is 9.97 Å². The van der Waals surface area contributed by atoms with Crippen LogP contribution in [0.1, 0.15) is 45.6 Å². The van der Waals surface area contributed by atoms with Gasteiger partial charge in [-0.1, -0.05) is 30.3 Å². The van der Waals surface area contributed by atoms with Gasteiger partial charge in [-0.2, -0.15) is 0 Å². The first-order valence-electron chi connectivity index (χ1n) is 10.6. The number of likely N-dealkylation sites (tertiary alicyclic amines) is 2. The van der Waals surface area contributed by atoms with Gasteiger partial charge in [-0.15, -0.1) is 0 Å². The van der Waals surface area contributed by atoms with Crippen LogP contribution in [0.5, 0.6) is 0 Å². The molecule has 1 aromatic carbocycles. The number of fused-ring (bicyclic) bond motifs is 1. The molecule has 6 nitrogen and oxygen atoms in total. The van der Waals surface area contributed by atoms with Gasteiger partial charge in [-0.3, -0.25) is 4.79 Å². The fourth-order valence-electron chi connectivity index (χ4n) is 4.98. The summed E-state index contributed by atoms with van der Waals surface area (Å²) in [6, 6.07) is 10.4. The van der Waals surface area contributed by atoms with Crippen molar-refractivity contribution in [1.29, 1.82) is 0 Å². The van der Waals surface area contributed by atoms with Crippen molar-refractivity contribution in [3.63, 3.8) is 0 Å². The second-order valence-corrected chi connectivity index (χ2v) is 8.61. The predicted molar refractivity (Wildman–Crippen MR) is 114 cm³/mol. The van der Waals surface area contributed by atoms with E-state index in [1.807, 2.05) is 43.9 Å². The van der Waals surface area contributed by atoms with Crippen molar-refractivity contribution in [2.24, 2.45) is 17.6 Å². The molecule has 6 heteroatoms. The summed E-state index contributed by atoms with van der Waals surface area (Å²) in [4.78, 5) is 26.4. The standard InChI is InChI=1S/C23H31N5O/c1-15-22(16(2)26-17(3)25-15)23(29)28-13-19-11-27(12-20(19)14-28)10-9-21(24)18-7-5-4-6-8-18/h4-8,19-21H,9-14,24H2,1-3H3/t19?,20?,21-/m0/s1. The van der Waals surface area contributed by atoms with Crippen LogP contribution >= 0.6 is 0 Å². The van der Waals surface area contributed by atoms with Gasteiger partial charge in [0.2, 0.25) is 0 Å². The molecule has 3 atom stereocenters. The van der Waals surface area contributed by atoms with Crippen LogP contribution in [0.15, 0.2) is 30.3 Å². The Hall–Kier alpha value is -2.31. The molecule has 2 fully saturated rings. The van der Waals surface area contributed by atoms with Crippen LogP contribution in [0.2, 0.25) is 0 Å². The van der Waals surface area contributed by atoms with E-state index in [1.54, 1.807) is 0 Å². The van der Waals surface area contributed by atoms with Crippen molar-refractivity contribution in [3.05, 3.63) is 58.7 Å². The van der Waals surface area contributed by atoms with Gasteiger partial charge in [0.1, 0.15) is 5.82 Å². The molecule has 3 heterocycles. The highest BCUT2D eigenvalue weighted by Crippen LogP contribution is 2.32. The van der Waals surface area contributed by atoms with Gasteiger partial charge in [0.05, 0.1) is 17.0 Å². The smallest absolute Gasteiger partial charge is 0.257 e. The Balaban J connectivity index is 1.32. The minimum absolute atomic E-state index is 0.0854. The Kier molecular flexibility index (Phi) is 5.65. The lowest BCUT2D eigenvalue weighted by Gasteiger charge is -2.23. The minimum Gasteiger partial charge on any atom is -0.338 e. The van der Waals surface area contributed by atoms with Crippen LogP contribution in [-0.4, -0.2) is 58.4 Å². The van der Waals surface area contributed by atoms with Crippen molar-refractivity contribution in [2.75, 3.05) is 32.7 Å². The number of aromatic nitrogens is 2. The van der Waals surface area contributed by atoms with E-state index in [4.69, 9.17) is 5.73 Å². The molecule has 0 radical (unpaired) electrons. The largest absolute Gasteiger partial charge is 0.338 e. The van der Waals surface area contributed by atoms with Gasteiger partial charge in [0.25, 0.3) is 5.91 Å². The van der Waals surface area contributed by atoms with Crippen LogP contribution in [0.25, 0.3) is 0 Å².